The number of nitrogens with zero attached hydrogens (tertiary/aromatic N) is 2. The van der Waals surface area contributed by atoms with E-state index in [4.69, 9.17) is 0 Å². The Kier molecular flexibility index (Phi) is 4.42. The van der Waals surface area contributed by atoms with Gasteiger partial charge in [-0.25, -0.2) is 4.39 Å². The third kappa shape index (κ3) is 3.19. The highest BCUT2D eigenvalue weighted by Crippen LogP contribution is 2.43. The zero-order valence-corrected chi connectivity index (χ0v) is 14.4. The van der Waals surface area contributed by atoms with E-state index in [1.807, 2.05) is 36.4 Å². The molecule has 1 N–H and O–H groups in total. The summed E-state index contributed by atoms with van der Waals surface area (Å²) in [6.07, 6.45) is 3.35. The first-order valence-electron chi connectivity index (χ1n) is 8.59. The van der Waals surface area contributed by atoms with Gasteiger partial charge in [-0.15, -0.1) is 0 Å². The minimum Gasteiger partial charge on any atom is -0.503 e. The first-order valence-corrected chi connectivity index (χ1v) is 8.59. The smallest absolute Gasteiger partial charge is 0.290 e. The van der Waals surface area contributed by atoms with E-state index in [9.17, 15) is 14.3 Å². The second kappa shape index (κ2) is 7.03. The van der Waals surface area contributed by atoms with Gasteiger partial charge in [0.25, 0.3) is 5.91 Å². The number of benzene rings is 2. The standard InChI is InChI=1S/C22H17FN2O2/c23-18-10-8-15(9-11-18)14-25-20(17-7-4-12-24-13-17)19(21(26)22(25)27)16-5-2-1-3-6-16/h1-13,20,26H,14H2/t20-/m0/s1. The van der Waals surface area contributed by atoms with Crippen molar-refractivity contribution in [2.75, 3.05) is 0 Å². The molecule has 1 atom stereocenters. The summed E-state index contributed by atoms with van der Waals surface area (Å²) in [6.45, 7) is 0.249. The normalized spacial score (nSPS) is 16.9. The molecule has 134 valence electrons. The Bertz CT molecular complexity index is 986. The van der Waals surface area contributed by atoms with Crippen molar-refractivity contribution in [2.45, 2.75) is 12.6 Å². The highest BCUT2D eigenvalue weighted by atomic mass is 19.1. The van der Waals surface area contributed by atoms with Gasteiger partial charge in [0.1, 0.15) is 5.82 Å². The molecule has 0 radical (unpaired) electrons. The molecule has 0 saturated carbocycles. The Labute approximate surface area is 156 Å². The Morgan fingerprint density at radius 2 is 1.74 bits per heavy atom. The lowest BCUT2D eigenvalue weighted by Crippen LogP contribution is -2.29. The molecule has 4 nitrogen and oxygen atoms in total. The SMILES string of the molecule is O=C1C(O)=C(c2ccccc2)[C@H](c2cccnc2)N1Cc1ccc(F)cc1. The van der Waals surface area contributed by atoms with Crippen molar-refractivity contribution in [2.24, 2.45) is 0 Å². The van der Waals surface area contributed by atoms with Gasteiger partial charge in [-0.2, -0.15) is 0 Å². The molecule has 0 saturated heterocycles. The maximum absolute atomic E-state index is 13.2. The molecule has 0 aliphatic carbocycles. The molecule has 0 fully saturated rings. The zero-order valence-electron chi connectivity index (χ0n) is 14.4. The molecule has 27 heavy (non-hydrogen) atoms. The van der Waals surface area contributed by atoms with Crippen LogP contribution in [0.2, 0.25) is 0 Å². The van der Waals surface area contributed by atoms with E-state index in [2.05, 4.69) is 4.98 Å². The Morgan fingerprint density at radius 3 is 2.41 bits per heavy atom. The number of aromatic nitrogens is 1. The first-order chi connectivity index (χ1) is 13.1. The predicted molar refractivity (Wildman–Crippen MR) is 99.9 cm³/mol. The number of pyridine rings is 1. The average Bonchev–Trinajstić information content (AvgIpc) is 2.96. The minimum atomic E-state index is -0.473. The van der Waals surface area contributed by atoms with Crippen molar-refractivity contribution in [3.63, 3.8) is 0 Å². The Hall–Kier alpha value is -3.47. The van der Waals surface area contributed by atoms with E-state index in [0.29, 0.717) is 5.57 Å². The van der Waals surface area contributed by atoms with Gasteiger partial charge in [0.15, 0.2) is 5.76 Å². The number of hydrogen-bond donors (Lipinski definition) is 1. The first kappa shape index (κ1) is 17.0. The number of aliphatic hydroxyl groups excluding tert-OH is 1. The summed E-state index contributed by atoms with van der Waals surface area (Å²) in [4.78, 5) is 18.6. The summed E-state index contributed by atoms with van der Waals surface area (Å²) in [5.74, 6) is -1.05. The van der Waals surface area contributed by atoms with Crippen LogP contribution in [0.15, 0.2) is 84.9 Å². The molecule has 4 rings (SSSR count). The number of hydrogen-bond acceptors (Lipinski definition) is 3. The van der Waals surface area contributed by atoms with Gasteiger partial charge in [0.05, 0.1) is 6.04 Å². The molecule has 2 heterocycles. The zero-order chi connectivity index (χ0) is 18.8. The summed E-state index contributed by atoms with van der Waals surface area (Å²) in [7, 11) is 0. The van der Waals surface area contributed by atoms with Gasteiger partial charge >= 0.3 is 0 Å². The van der Waals surface area contributed by atoms with Crippen molar-refractivity contribution in [3.05, 3.63) is 107 Å². The van der Waals surface area contributed by atoms with Gasteiger partial charge in [-0.05, 0) is 34.9 Å². The molecule has 0 bridgehead atoms. The largest absolute Gasteiger partial charge is 0.503 e. The molecule has 1 aliphatic rings. The number of carbonyl (C=O) groups excluding carboxylic acids is 1. The summed E-state index contributed by atoms with van der Waals surface area (Å²) in [5, 5.41) is 10.6. The quantitative estimate of drug-likeness (QED) is 0.756. The summed E-state index contributed by atoms with van der Waals surface area (Å²) >= 11 is 0. The van der Waals surface area contributed by atoms with Crippen LogP contribution in [-0.4, -0.2) is 20.9 Å². The van der Waals surface area contributed by atoms with Crippen molar-refractivity contribution in [1.82, 2.24) is 9.88 Å². The third-order valence-corrected chi connectivity index (χ3v) is 4.65. The summed E-state index contributed by atoms with van der Waals surface area (Å²) < 4.78 is 13.2. The fraction of sp³-hybridized carbons (Fsp3) is 0.0909. The fourth-order valence-electron chi connectivity index (χ4n) is 3.40. The molecule has 2 aromatic carbocycles. The molecular weight excluding hydrogens is 343 g/mol. The van der Waals surface area contributed by atoms with Gasteiger partial charge < -0.3 is 10.0 Å². The van der Waals surface area contributed by atoms with Gasteiger partial charge in [-0.3, -0.25) is 9.78 Å². The van der Waals surface area contributed by atoms with Crippen LogP contribution in [0.1, 0.15) is 22.7 Å². The second-order valence-corrected chi connectivity index (χ2v) is 6.38. The van der Waals surface area contributed by atoms with Crippen LogP contribution >= 0.6 is 0 Å². The van der Waals surface area contributed by atoms with Crippen molar-refractivity contribution in [1.29, 1.82) is 0 Å². The monoisotopic (exact) mass is 360 g/mol. The van der Waals surface area contributed by atoms with Crippen LogP contribution in [0.3, 0.4) is 0 Å². The lowest BCUT2D eigenvalue weighted by Gasteiger charge is -2.27. The van der Waals surface area contributed by atoms with E-state index >= 15 is 0 Å². The van der Waals surface area contributed by atoms with Crippen LogP contribution < -0.4 is 0 Å². The molecular formula is C22H17FN2O2. The van der Waals surface area contributed by atoms with E-state index in [0.717, 1.165) is 16.7 Å². The highest BCUT2D eigenvalue weighted by molar-refractivity contribution is 6.05. The molecule has 0 spiro atoms. The topological polar surface area (TPSA) is 53.4 Å². The van der Waals surface area contributed by atoms with E-state index in [1.54, 1.807) is 35.5 Å². The van der Waals surface area contributed by atoms with Crippen LogP contribution in [0.5, 0.6) is 0 Å². The van der Waals surface area contributed by atoms with Gasteiger partial charge in [0.2, 0.25) is 0 Å². The number of carbonyl (C=O) groups is 1. The van der Waals surface area contributed by atoms with Crippen molar-refractivity contribution < 1.29 is 14.3 Å². The van der Waals surface area contributed by atoms with Crippen LogP contribution in [0.25, 0.3) is 5.57 Å². The maximum atomic E-state index is 13.2. The fourth-order valence-corrected chi connectivity index (χ4v) is 3.40. The Morgan fingerprint density at radius 1 is 1.00 bits per heavy atom. The maximum Gasteiger partial charge on any atom is 0.290 e. The summed E-state index contributed by atoms with van der Waals surface area (Å²) in [6, 6.07) is 18.5. The van der Waals surface area contributed by atoms with Crippen molar-refractivity contribution >= 4 is 11.5 Å². The van der Waals surface area contributed by atoms with Crippen LogP contribution in [-0.2, 0) is 11.3 Å². The van der Waals surface area contributed by atoms with E-state index in [-0.39, 0.29) is 18.1 Å². The summed E-state index contributed by atoms with van der Waals surface area (Å²) in [5.41, 5.74) is 2.91. The molecule has 0 unspecified atom stereocenters. The third-order valence-electron chi connectivity index (χ3n) is 4.65. The van der Waals surface area contributed by atoms with Crippen LogP contribution in [0.4, 0.5) is 4.39 Å². The lowest BCUT2D eigenvalue weighted by atomic mass is 9.94. The molecule has 3 aromatic rings. The molecule has 5 heteroatoms. The predicted octanol–water partition coefficient (Wildman–Crippen LogP) is 4.27. The number of halogens is 1. The highest BCUT2D eigenvalue weighted by Gasteiger charge is 2.41. The average molecular weight is 360 g/mol. The number of aliphatic hydroxyl groups is 1. The van der Waals surface area contributed by atoms with E-state index < -0.39 is 11.9 Å². The molecule has 1 aliphatic heterocycles. The minimum absolute atomic E-state index is 0.249. The van der Waals surface area contributed by atoms with E-state index in [1.165, 1.54) is 12.1 Å². The van der Waals surface area contributed by atoms with Crippen molar-refractivity contribution in [3.8, 4) is 0 Å². The van der Waals surface area contributed by atoms with Gasteiger partial charge in [-0.1, -0.05) is 48.5 Å². The lowest BCUT2D eigenvalue weighted by molar-refractivity contribution is -0.130. The molecule has 1 amide bonds. The second-order valence-electron chi connectivity index (χ2n) is 6.38. The Balaban J connectivity index is 1.79. The number of rotatable bonds is 4. The van der Waals surface area contributed by atoms with Gasteiger partial charge in [0, 0.05) is 24.5 Å². The molecule has 1 aromatic heterocycles. The van der Waals surface area contributed by atoms with Crippen LogP contribution in [0, 0.1) is 5.82 Å². The number of amides is 1.